The molecule has 0 saturated heterocycles. The van der Waals surface area contributed by atoms with E-state index in [1.165, 1.54) is 3.58 Å². The van der Waals surface area contributed by atoms with Crippen LogP contribution >= 0.6 is 0 Å². The first-order valence-electron chi connectivity index (χ1n) is 8.59. The van der Waals surface area contributed by atoms with Crippen LogP contribution in [0.4, 0.5) is 0 Å². The van der Waals surface area contributed by atoms with Crippen LogP contribution in [0.25, 0.3) is 0 Å². The van der Waals surface area contributed by atoms with Gasteiger partial charge < -0.3 is 0 Å². The van der Waals surface area contributed by atoms with E-state index in [1.54, 1.807) is 0 Å². The number of aromatic nitrogens is 3. The van der Waals surface area contributed by atoms with E-state index in [0.717, 1.165) is 13.4 Å². The fraction of sp³-hybridized carbons (Fsp3) is 0. The number of nitrogens with one attached hydrogen (secondary N) is 2. The Morgan fingerprint density at radius 3 is 1.18 bits per heavy atom. The fourth-order valence-electron chi connectivity index (χ4n) is 3.24. The van der Waals surface area contributed by atoms with Crippen LogP contribution < -0.4 is 30.5 Å². The Morgan fingerprint density at radius 2 is 0.857 bits per heavy atom. The Bertz CT molecular complexity index is 1130. The van der Waals surface area contributed by atoms with Gasteiger partial charge in [0, 0.05) is 0 Å². The van der Waals surface area contributed by atoms with Gasteiger partial charge in [0.15, 0.2) is 0 Å². The number of hydrogen-bond acceptors (Lipinski definition) is 3. The van der Waals surface area contributed by atoms with Crippen LogP contribution in [-0.4, -0.2) is 26.6 Å². The average molecular weight is 438 g/mol. The van der Waals surface area contributed by atoms with Crippen LogP contribution in [0.5, 0.6) is 0 Å². The molecule has 1 heterocycles. The molecule has 0 atom stereocenters. The third-order valence-corrected chi connectivity index (χ3v) is 12.2. The summed E-state index contributed by atoms with van der Waals surface area (Å²) in [6.07, 6.45) is 0. The Labute approximate surface area is 162 Å². The van der Waals surface area contributed by atoms with Crippen LogP contribution in [0.1, 0.15) is 0 Å². The summed E-state index contributed by atoms with van der Waals surface area (Å²) in [5, 5.41) is 0. The molecule has 0 aliphatic carbocycles. The molecule has 0 amide bonds. The summed E-state index contributed by atoms with van der Waals surface area (Å²) in [4.78, 5) is 42.1. The molecule has 0 saturated carbocycles. The molecule has 2 N–H and O–H groups in total. The van der Waals surface area contributed by atoms with Gasteiger partial charge in [-0.2, -0.15) is 0 Å². The molecule has 0 aliphatic heterocycles. The third-order valence-electron chi connectivity index (χ3n) is 4.34. The molecule has 1 aromatic heterocycles. The van der Waals surface area contributed by atoms with Crippen molar-refractivity contribution in [2.45, 2.75) is 0 Å². The first-order valence-corrected chi connectivity index (χ1v) is 11.9. The normalized spacial score (nSPS) is 11.9. The predicted molar refractivity (Wildman–Crippen MR) is 111 cm³/mol. The van der Waals surface area contributed by atoms with Gasteiger partial charge in [0.1, 0.15) is 0 Å². The van der Waals surface area contributed by atoms with E-state index >= 15 is 0 Å². The fourth-order valence-corrected chi connectivity index (χ4v) is 11.0. The number of benzene rings is 3. The number of nitrogens with zero attached hydrogens (tertiary/aromatic N) is 1. The molecule has 0 radical (unpaired) electrons. The van der Waals surface area contributed by atoms with Crippen LogP contribution in [0, 0.1) is 0 Å². The zero-order chi connectivity index (χ0) is 19.6. The molecule has 4 rings (SSSR count). The minimum absolute atomic E-state index is 0.717. The summed E-state index contributed by atoms with van der Waals surface area (Å²) in [6.45, 7) is 0. The Kier molecular flexibility index (Phi) is 4.69. The molecule has 0 spiro atoms. The molecule has 0 fully saturated rings. The number of H-pyrrole nitrogens is 2. The summed E-state index contributed by atoms with van der Waals surface area (Å²) in [6, 6.07) is 28.6. The van der Waals surface area contributed by atoms with E-state index in [0.29, 0.717) is 0 Å². The van der Waals surface area contributed by atoms with Crippen LogP contribution in [0.2, 0.25) is 0 Å². The summed E-state index contributed by atoms with van der Waals surface area (Å²) < 4.78 is 3.83. The van der Waals surface area contributed by atoms with Gasteiger partial charge in [-0.05, 0) is 0 Å². The monoisotopic (exact) mass is 439 g/mol. The molecule has 140 valence electrons. The number of rotatable bonds is 4. The van der Waals surface area contributed by atoms with Crippen molar-refractivity contribution in [2.24, 2.45) is 0 Å². The van der Waals surface area contributed by atoms with Gasteiger partial charge in [0.05, 0.1) is 0 Å². The third kappa shape index (κ3) is 2.87. The Hall–Kier alpha value is -3.41. The van der Waals surface area contributed by atoms with Gasteiger partial charge >= 0.3 is 162 Å². The summed E-state index contributed by atoms with van der Waals surface area (Å²) in [5.41, 5.74) is -2.25. The zero-order valence-electron chi connectivity index (χ0n) is 14.7. The quantitative estimate of drug-likeness (QED) is 0.431. The zero-order valence-corrected chi connectivity index (χ0v) is 16.5. The molecule has 0 bridgehead atoms. The van der Waals surface area contributed by atoms with Crippen LogP contribution in [-0.2, 0) is 0 Å². The van der Waals surface area contributed by atoms with Crippen molar-refractivity contribution >= 4 is 26.4 Å². The van der Waals surface area contributed by atoms with Crippen molar-refractivity contribution in [1.82, 2.24) is 13.6 Å². The summed E-state index contributed by atoms with van der Waals surface area (Å²) >= 11 is -3.58. The van der Waals surface area contributed by atoms with Crippen LogP contribution in [0.3, 0.4) is 0 Å². The summed E-state index contributed by atoms with van der Waals surface area (Å²) in [5.74, 6) is 0. The molecule has 4 aromatic rings. The van der Waals surface area contributed by atoms with Gasteiger partial charge in [0.25, 0.3) is 0 Å². The van der Waals surface area contributed by atoms with E-state index < -0.39 is 30.1 Å². The average Bonchev–Trinajstić information content (AvgIpc) is 2.72. The topological polar surface area (TPSA) is 87.7 Å². The van der Waals surface area contributed by atoms with Crippen molar-refractivity contribution in [2.75, 3.05) is 0 Å². The van der Waals surface area contributed by atoms with Gasteiger partial charge in [0.2, 0.25) is 0 Å². The second kappa shape index (κ2) is 7.31. The Morgan fingerprint density at radius 1 is 0.536 bits per heavy atom. The van der Waals surface area contributed by atoms with E-state index in [2.05, 4.69) is 9.97 Å². The van der Waals surface area contributed by atoms with Gasteiger partial charge in [-0.15, -0.1) is 0 Å². The van der Waals surface area contributed by atoms with Crippen molar-refractivity contribution in [3.63, 3.8) is 0 Å². The molecule has 6 nitrogen and oxygen atoms in total. The van der Waals surface area contributed by atoms with E-state index in [-0.39, 0.29) is 0 Å². The van der Waals surface area contributed by atoms with Crippen molar-refractivity contribution in [1.29, 1.82) is 0 Å². The summed E-state index contributed by atoms with van der Waals surface area (Å²) in [7, 11) is 0. The molecular weight excluding hydrogens is 421 g/mol. The second-order valence-electron chi connectivity index (χ2n) is 6.00. The maximum atomic E-state index is 13.0. The minimum atomic E-state index is -3.58. The molecule has 0 unspecified atom stereocenters. The van der Waals surface area contributed by atoms with Crippen molar-refractivity contribution < 1.29 is 0 Å². The molecule has 3 aromatic carbocycles. The Balaban J connectivity index is 2.26. The molecule has 28 heavy (non-hydrogen) atoms. The van der Waals surface area contributed by atoms with Crippen molar-refractivity contribution in [3.05, 3.63) is 122 Å². The first kappa shape index (κ1) is 18.0. The number of aromatic amines is 2. The van der Waals surface area contributed by atoms with E-state index in [4.69, 9.17) is 0 Å². The van der Waals surface area contributed by atoms with Gasteiger partial charge in [-0.25, -0.2) is 0 Å². The van der Waals surface area contributed by atoms with E-state index in [9.17, 15) is 14.4 Å². The maximum absolute atomic E-state index is 13.0. The predicted octanol–water partition coefficient (Wildman–Crippen LogP) is -0.260. The first-order chi connectivity index (χ1) is 13.6. The van der Waals surface area contributed by atoms with Gasteiger partial charge in [-0.1, -0.05) is 0 Å². The standard InChI is InChI=1S/C21H17N3O3Se/c25-19-22-20(26)24(21(27)23-19)28(16-10-4-1-5-11-16,17-12-6-2-7-13-17)18-14-8-3-9-15-18/h1-15H,(H2,22,23,25,26,27). The molecule has 7 heteroatoms. The van der Waals surface area contributed by atoms with Crippen molar-refractivity contribution in [3.8, 4) is 0 Å². The van der Waals surface area contributed by atoms with Crippen LogP contribution in [0.15, 0.2) is 105 Å². The molecular formula is C21H17N3O3Se. The van der Waals surface area contributed by atoms with Gasteiger partial charge in [-0.3, -0.25) is 0 Å². The second-order valence-corrected chi connectivity index (χ2v) is 12.2. The van der Waals surface area contributed by atoms with E-state index in [1.807, 2.05) is 91.0 Å². The molecule has 0 aliphatic rings. The SMILES string of the molecule is O=c1[nH]c(=O)n([Se](c2ccccc2)(c2ccccc2)c2ccccc2)c(=O)[nH]1. The number of hydrogen-bond donors (Lipinski definition) is 2.